The monoisotopic (exact) mass is 1040 g/mol. The quantitative estimate of drug-likeness (QED) is 0.0685. The van der Waals surface area contributed by atoms with E-state index in [2.05, 4.69) is 33.8 Å². The Hall–Kier alpha value is -5.46. The average Bonchev–Trinajstić information content (AvgIpc) is 3.37. The maximum absolute atomic E-state index is 12.4. The summed E-state index contributed by atoms with van der Waals surface area (Å²) in [5.41, 5.74) is -1.08. The number of aliphatic hydroxyl groups is 12. The Bertz CT molecular complexity index is 2680. The molecule has 1 aliphatic carbocycles. The fraction of sp³-hybridized carbons (Fsp3) is 0.423. The van der Waals surface area contributed by atoms with Gasteiger partial charge in [-0.1, -0.05) is 109 Å². The van der Waals surface area contributed by atoms with Crippen LogP contribution in [0.5, 0.6) is 5.75 Å². The lowest BCUT2D eigenvalue weighted by Gasteiger charge is -2.37. The summed E-state index contributed by atoms with van der Waals surface area (Å²) >= 11 is 0. The highest BCUT2D eigenvalue weighted by molar-refractivity contribution is 7.88. The highest BCUT2D eigenvalue weighted by Gasteiger charge is 2.49. The van der Waals surface area contributed by atoms with E-state index in [-0.39, 0.29) is 31.8 Å². The average molecular weight is 1050 g/mol. The van der Waals surface area contributed by atoms with Crippen molar-refractivity contribution in [2.45, 2.75) is 106 Å². The van der Waals surface area contributed by atoms with Gasteiger partial charge in [0.1, 0.15) is 67.1 Å². The standard InChI is InChI=1S/C29H32O9.C14H11F3O3S.C8H12O5.CH4/c30-14-20-13-19(24(32)28(36)25(20)33)10-9-18-8-6-16(12-21(18)17-4-2-1-3-5-17)7-11-22-26(34)29(37)27(35)23(15-31)38-22;1-10-7-8-13(20-21(18,19)14(15,16)17)12(9-10)11-5-3-2-4-6-11;1-2-4-6(10)8(12)7(11)5(3-9)13-4;/h1-6,8,12,19-20,22-37H,13-15H2;2-9H,1H3;1,4-12H,3H2;1H4/t19-,20+,22+,23+,24+,25+,26+,27+,28+,29+;;4-,5-,6-,7+,8-;/m0.1./s1. The van der Waals surface area contributed by atoms with Crippen LogP contribution in [0, 0.1) is 54.8 Å². The molecule has 73 heavy (non-hydrogen) atoms. The number of hydrogen-bond donors (Lipinski definition) is 12. The number of ether oxygens (including phenoxy) is 2. The molecule has 0 spiro atoms. The van der Waals surface area contributed by atoms with E-state index in [9.17, 15) is 77.8 Å². The molecule has 0 unspecified atom stereocenters. The van der Waals surface area contributed by atoms with Gasteiger partial charge in [0.2, 0.25) is 0 Å². The molecule has 4 aromatic rings. The fourth-order valence-corrected chi connectivity index (χ4v) is 8.22. The van der Waals surface area contributed by atoms with Gasteiger partial charge in [0.15, 0.2) is 5.75 Å². The summed E-state index contributed by atoms with van der Waals surface area (Å²) in [7, 11) is -5.69. The smallest absolute Gasteiger partial charge is 0.396 e. The number of hydrogen-bond acceptors (Lipinski definition) is 17. The molecule has 17 nitrogen and oxygen atoms in total. The SMILES string of the molecule is C.C#C[C@H]1O[C@H](CO)[C@H](O)[C@H](O)[C@@H]1O.Cc1ccc(OS(=O)(=O)C(F)(F)F)c(-c2ccccc2)c1.OC[C@H]1C[C@H](C#Cc2ccc(C#C[C@H]3O[C@H](CO)[C@@H](O)[C@H](O)[C@@H]3O)cc2-c2ccccc2)[C@@H](O)[C@@H](O)[C@@H]1O. The zero-order valence-corrected chi connectivity index (χ0v) is 39.1. The third-order valence-electron chi connectivity index (χ3n) is 11.9. The van der Waals surface area contributed by atoms with Gasteiger partial charge < -0.3 is 74.9 Å². The summed E-state index contributed by atoms with van der Waals surface area (Å²) in [6, 6.07) is 27.3. The van der Waals surface area contributed by atoms with Crippen LogP contribution in [0.2, 0.25) is 0 Å². The van der Waals surface area contributed by atoms with E-state index < -0.39 is 120 Å². The highest BCUT2D eigenvalue weighted by Crippen LogP contribution is 2.36. The Labute approximate surface area is 420 Å². The molecule has 15 atom stereocenters. The van der Waals surface area contributed by atoms with Gasteiger partial charge in [-0.05, 0) is 60.4 Å². The van der Waals surface area contributed by atoms with E-state index in [0.717, 1.165) is 16.7 Å². The Kier molecular flexibility index (Phi) is 21.9. The number of terminal acetylenes is 1. The summed E-state index contributed by atoms with van der Waals surface area (Å²) in [6.07, 6.45) is -11.2. The number of alkyl halides is 3. The third kappa shape index (κ3) is 14.9. The van der Waals surface area contributed by atoms with E-state index in [1.54, 1.807) is 61.5 Å². The molecule has 21 heteroatoms. The van der Waals surface area contributed by atoms with Crippen LogP contribution in [0.25, 0.3) is 22.3 Å². The molecule has 3 aliphatic rings. The van der Waals surface area contributed by atoms with Gasteiger partial charge in [0.05, 0.1) is 25.4 Å². The highest BCUT2D eigenvalue weighted by atomic mass is 32.2. The second-order valence-electron chi connectivity index (χ2n) is 16.9. The zero-order valence-electron chi connectivity index (χ0n) is 38.3. The summed E-state index contributed by atoms with van der Waals surface area (Å²) < 4.78 is 74.2. The van der Waals surface area contributed by atoms with Crippen LogP contribution >= 0.6 is 0 Å². The number of rotatable bonds is 7. The molecule has 0 radical (unpaired) electrons. The number of aryl methyl sites for hydroxylation is 1. The summed E-state index contributed by atoms with van der Waals surface area (Å²) in [5.74, 6) is 12.2. The molecule has 0 bridgehead atoms. The van der Waals surface area contributed by atoms with Crippen LogP contribution in [0.15, 0.2) is 97.1 Å². The molecule has 7 rings (SSSR count). The van der Waals surface area contributed by atoms with Gasteiger partial charge in [0.25, 0.3) is 0 Å². The zero-order chi connectivity index (χ0) is 53.1. The van der Waals surface area contributed by atoms with Crippen molar-refractivity contribution in [2.75, 3.05) is 19.8 Å². The van der Waals surface area contributed by atoms with E-state index in [1.165, 1.54) is 12.1 Å². The van der Waals surface area contributed by atoms with E-state index in [0.29, 0.717) is 16.7 Å². The summed E-state index contributed by atoms with van der Waals surface area (Å²) in [6.45, 7) is 0.414. The summed E-state index contributed by atoms with van der Waals surface area (Å²) in [4.78, 5) is 0. The second kappa shape index (κ2) is 26.7. The number of halogens is 3. The van der Waals surface area contributed by atoms with E-state index in [4.69, 9.17) is 21.0 Å². The first kappa shape index (κ1) is 60.1. The van der Waals surface area contributed by atoms with Crippen LogP contribution in [-0.2, 0) is 19.6 Å². The first-order valence-corrected chi connectivity index (χ1v) is 23.6. The van der Waals surface area contributed by atoms with Crippen LogP contribution in [0.1, 0.15) is 30.5 Å². The van der Waals surface area contributed by atoms with Crippen molar-refractivity contribution in [1.82, 2.24) is 0 Å². The Balaban J connectivity index is 0.000000275. The second-order valence-corrected chi connectivity index (χ2v) is 18.5. The van der Waals surface area contributed by atoms with Crippen LogP contribution < -0.4 is 4.18 Å². The molecule has 1 saturated carbocycles. The lowest BCUT2D eigenvalue weighted by molar-refractivity contribution is -0.214. The molecule has 396 valence electrons. The van der Waals surface area contributed by atoms with Crippen LogP contribution in [0.3, 0.4) is 0 Å². The van der Waals surface area contributed by atoms with Gasteiger partial charge in [-0.25, -0.2) is 0 Å². The third-order valence-corrected chi connectivity index (χ3v) is 12.9. The molecule has 2 heterocycles. The van der Waals surface area contributed by atoms with Crippen molar-refractivity contribution in [2.24, 2.45) is 11.8 Å². The minimum absolute atomic E-state index is 0. The predicted molar refractivity (Wildman–Crippen MR) is 258 cm³/mol. The first-order chi connectivity index (χ1) is 34.1. The van der Waals surface area contributed by atoms with Crippen molar-refractivity contribution in [3.05, 3.63) is 114 Å². The predicted octanol–water partition coefficient (Wildman–Crippen LogP) is 0.599. The van der Waals surface area contributed by atoms with Crippen molar-refractivity contribution in [3.63, 3.8) is 0 Å². The van der Waals surface area contributed by atoms with E-state index >= 15 is 0 Å². The molecular weight excluding hydrogens is 986 g/mol. The number of aliphatic hydroxyl groups excluding tert-OH is 12. The van der Waals surface area contributed by atoms with E-state index in [1.807, 2.05) is 30.3 Å². The molecular formula is C52H59F3O17S. The Morgan fingerprint density at radius 2 is 1.14 bits per heavy atom. The maximum atomic E-state index is 12.4. The normalized spacial score (nSPS) is 29.8. The van der Waals surface area contributed by atoms with Gasteiger partial charge in [0, 0.05) is 35.1 Å². The van der Waals surface area contributed by atoms with Gasteiger partial charge >= 0.3 is 15.6 Å². The maximum Gasteiger partial charge on any atom is 0.534 e. The fourth-order valence-electron chi connectivity index (χ4n) is 7.75. The van der Waals surface area contributed by atoms with Crippen molar-refractivity contribution in [1.29, 1.82) is 0 Å². The van der Waals surface area contributed by atoms with Crippen molar-refractivity contribution < 1.29 is 96.5 Å². The molecule has 2 saturated heterocycles. The Morgan fingerprint density at radius 3 is 1.66 bits per heavy atom. The topological polar surface area (TPSA) is 305 Å². The molecule has 0 amide bonds. The minimum atomic E-state index is -5.69. The largest absolute Gasteiger partial charge is 0.534 e. The lowest BCUT2D eigenvalue weighted by Crippen LogP contribution is -2.58. The van der Waals surface area contributed by atoms with Gasteiger partial charge in [-0.3, -0.25) is 0 Å². The van der Waals surface area contributed by atoms with Crippen LogP contribution in [-0.4, -0.2) is 174 Å². The molecule has 2 aliphatic heterocycles. The van der Waals surface area contributed by atoms with Crippen molar-refractivity contribution in [3.8, 4) is 64.0 Å². The molecule has 3 fully saturated rings. The molecule has 12 N–H and O–H groups in total. The van der Waals surface area contributed by atoms with Crippen molar-refractivity contribution >= 4 is 10.1 Å². The molecule has 0 aromatic heterocycles. The first-order valence-electron chi connectivity index (χ1n) is 22.2. The van der Waals surface area contributed by atoms with Crippen LogP contribution in [0.4, 0.5) is 13.2 Å². The summed E-state index contributed by atoms with van der Waals surface area (Å²) in [5, 5.41) is 116. The molecule has 4 aromatic carbocycles. The number of benzene rings is 4. The van der Waals surface area contributed by atoms with Gasteiger partial charge in [-0.2, -0.15) is 21.6 Å². The lowest BCUT2D eigenvalue weighted by atomic mass is 9.76. The van der Waals surface area contributed by atoms with Gasteiger partial charge in [-0.15, -0.1) is 6.42 Å². The minimum Gasteiger partial charge on any atom is -0.396 e. The Morgan fingerprint density at radius 1 is 0.616 bits per heavy atom.